The lowest BCUT2D eigenvalue weighted by atomic mass is 9.98. The SMILES string of the molecule is N=C(N)c1cccc(CN2CCc3cc(OC4CCN(C(=N)N)CC4)ccc3C2=O)c1. The highest BCUT2D eigenvalue weighted by Gasteiger charge is 2.26. The highest BCUT2D eigenvalue weighted by atomic mass is 16.5. The fraction of sp³-hybridized carbons (Fsp3) is 0.348. The molecule has 6 N–H and O–H groups in total. The highest BCUT2D eigenvalue weighted by molar-refractivity contribution is 5.97. The van der Waals surface area contributed by atoms with Crippen molar-refractivity contribution in [2.45, 2.75) is 31.9 Å². The number of amidine groups is 1. The molecule has 8 nitrogen and oxygen atoms in total. The van der Waals surface area contributed by atoms with E-state index in [4.69, 9.17) is 27.0 Å². The van der Waals surface area contributed by atoms with Gasteiger partial charge in [-0.2, -0.15) is 0 Å². The maximum absolute atomic E-state index is 13.0. The van der Waals surface area contributed by atoms with E-state index in [0.29, 0.717) is 24.2 Å². The molecule has 2 aliphatic heterocycles. The molecule has 0 saturated carbocycles. The number of rotatable bonds is 5. The monoisotopic (exact) mass is 420 g/mol. The molecule has 2 heterocycles. The normalized spacial score (nSPS) is 16.7. The van der Waals surface area contributed by atoms with E-state index < -0.39 is 0 Å². The maximum atomic E-state index is 13.0. The number of nitrogen functional groups attached to an aromatic ring is 1. The van der Waals surface area contributed by atoms with Gasteiger partial charge in [-0.1, -0.05) is 18.2 Å². The lowest BCUT2D eigenvalue weighted by molar-refractivity contribution is 0.0726. The van der Waals surface area contributed by atoms with Gasteiger partial charge in [0.05, 0.1) is 0 Å². The van der Waals surface area contributed by atoms with Gasteiger partial charge in [-0.05, 0) is 41.8 Å². The molecule has 0 aromatic heterocycles. The van der Waals surface area contributed by atoms with Crippen molar-refractivity contribution < 1.29 is 9.53 Å². The quantitative estimate of drug-likeness (QED) is 0.433. The number of ether oxygens (including phenoxy) is 1. The van der Waals surface area contributed by atoms with Crippen LogP contribution in [0.5, 0.6) is 5.75 Å². The Hall–Kier alpha value is -3.55. The summed E-state index contributed by atoms with van der Waals surface area (Å²) in [5.74, 6) is 0.936. The summed E-state index contributed by atoms with van der Waals surface area (Å²) in [6, 6.07) is 13.2. The van der Waals surface area contributed by atoms with Crippen LogP contribution in [0, 0.1) is 10.8 Å². The Labute approximate surface area is 181 Å². The molecule has 1 fully saturated rings. The number of nitrogens with zero attached hydrogens (tertiary/aromatic N) is 2. The van der Waals surface area contributed by atoms with Crippen molar-refractivity contribution in [3.8, 4) is 5.75 Å². The van der Waals surface area contributed by atoms with Crippen molar-refractivity contribution in [1.29, 1.82) is 10.8 Å². The van der Waals surface area contributed by atoms with Crippen LogP contribution in [0.4, 0.5) is 0 Å². The smallest absolute Gasteiger partial charge is 0.254 e. The Morgan fingerprint density at radius 1 is 1.06 bits per heavy atom. The van der Waals surface area contributed by atoms with Crippen LogP contribution in [0.3, 0.4) is 0 Å². The van der Waals surface area contributed by atoms with Gasteiger partial charge in [0.25, 0.3) is 5.91 Å². The number of guanidine groups is 1. The fourth-order valence-corrected chi connectivity index (χ4v) is 4.20. The first-order valence-corrected chi connectivity index (χ1v) is 10.5. The molecular weight excluding hydrogens is 392 g/mol. The zero-order valence-corrected chi connectivity index (χ0v) is 17.4. The number of benzene rings is 2. The van der Waals surface area contributed by atoms with Gasteiger partial charge in [-0.3, -0.25) is 15.6 Å². The van der Waals surface area contributed by atoms with Crippen LogP contribution < -0.4 is 16.2 Å². The number of hydrogen-bond acceptors (Lipinski definition) is 4. The Morgan fingerprint density at radius 3 is 2.55 bits per heavy atom. The van der Waals surface area contributed by atoms with Crippen molar-refractivity contribution in [3.63, 3.8) is 0 Å². The number of fused-ring (bicyclic) bond motifs is 1. The molecule has 0 atom stereocenters. The zero-order chi connectivity index (χ0) is 22.0. The Bertz CT molecular complexity index is 1010. The van der Waals surface area contributed by atoms with Crippen LogP contribution in [-0.2, 0) is 13.0 Å². The molecule has 31 heavy (non-hydrogen) atoms. The first-order valence-electron chi connectivity index (χ1n) is 10.5. The van der Waals surface area contributed by atoms with E-state index in [1.165, 1.54) is 0 Å². The molecule has 4 rings (SSSR count). The number of likely N-dealkylation sites (tertiary alicyclic amines) is 1. The summed E-state index contributed by atoms with van der Waals surface area (Å²) in [6.45, 7) is 2.58. The minimum absolute atomic E-state index is 0.00999. The maximum Gasteiger partial charge on any atom is 0.254 e. The third-order valence-electron chi connectivity index (χ3n) is 5.94. The number of hydrogen-bond donors (Lipinski definition) is 4. The minimum Gasteiger partial charge on any atom is -0.490 e. The van der Waals surface area contributed by atoms with E-state index in [-0.39, 0.29) is 23.8 Å². The van der Waals surface area contributed by atoms with Crippen LogP contribution in [0.15, 0.2) is 42.5 Å². The molecule has 8 heteroatoms. The summed E-state index contributed by atoms with van der Waals surface area (Å²) in [7, 11) is 0. The predicted octanol–water partition coefficient (Wildman–Crippen LogP) is 1.91. The van der Waals surface area contributed by atoms with Crippen LogP contribution in [0.1, 0.15) is 39.9 Å². The molecule has 162 valence electrons. The lowest BCUT2D eigenvalue weighted by Gasteiger charge is -2.33. The number of nitrogens with two attached hydrogens (primary N) is 2. The van der Waals surface area contributed by atoms with E-state index >= 15 is 0 Å². The second-order valence-electron chi connectivity index (χ2n) is 8.10. The standard InChI is InChI=1S/C23H28N6O2/c24-21(25)17-3-1-2-15(12-17)14-29-9-6-16-13-19(4-5-20(16)22(29)30)31-18-7-10-28(11-8-18)23(26)27/h1-5,12-13,18H,6-11,14H2,(H3,24,25)(H3,26,27). The van der Waals surface area contributed by atoms with Crippen molar-refractivity contribution in [2.24, 2.45) is 11.5 Å². The lowest BCUT2D eigenvalue weighted by Crippen LogP contribution is -2.44. The van der Waals surface area contributed by atoms with Crippen molar-refractivity contribution >= 4 is 17.7 Å². The van der Waals surface area contributed by atoms with E-state index in [0.717, 1.165) is 49.2 Å². The number of carbonyl (C=O) groups excluding carboxylic acids is 1. The van der Waals surface area contributed by atoms with Crippen LogP contribution in [-0.4, -0.2) is 53.2 Å². The van der Waals surface area contributed by atoms with E-state index in [1.807, 2.05) is 46.2 Å². The number of nitrogens with one attached hydrogen (secondary N) is 2. The van der Waals surface area contributed by atoms with Gasteiger partial charge in [0.2, 0.25) is 0 Å². The summed E-state index contributed by atoms with van der Waals surface area (Å²) in [5.41, 5.74) is 14.5. The molecule has 0 aliphatic carbocycles. The van der Waals surface area contributed by atoms with Gasteiger partial charge in [0, 0.05) is 50.1 Å². The summed E-state index contributed by atoms with van der Waals surface area (Å²) in [6.07, 6.45) is 2.51. The van der Waals surface area contributed by atoms with Gasteiger partial charge >= 0.3 is 0 Å². The Balaban J connectivity index is 1.40. The van der Waals surface area contributed by atoms with Crippen LogP contribution in [0.25, 0.3) is 0 Å². The number of carbonyl (C=O) groups is 1. The first-order chi connectivity index (χ1) is 14.9. The molecule has 0 unspecified atom stereocenters. The third-order valence-corrected chi connectivity index (χ3v) is 5.94. The molecule has 0 bridgehead atoms. The van der Waals surface area contributed by atoms with Crippen molar-refractivity contribution in [2.75, 3.05) is 19.6 Å². The number of piperidine rings is 1. The average molecular weight is 421 g/mol. The molecule has 2 aliphatic rings. The molecular formula is C23H28N6O2. The zero-order valence-electron chi connectivity index (χ0n) is 17.4. The van der Waals surface area contributed by atoms with Crippen LogP contribution >= 0.6 is 0 Å². The third kappa shape index (κ3) is 4.63. The van der Waals surface area contributed by atoms with E-state index in [9.17, 15) is 4.79 Å². The molecule has 2 aromatic carbocycles. The predicted molar refractivity (Wildman–Crippen MR) is 119 cm³/mol. The Morgan fingerprint density at radius 2 is 1.84 bits per heavy atom. The van der Waals surface area contributed by atoms with Gasteiger partial charge in [0.1, 0.15) is 17.7 Å². The molecule has 1 saturated heterocycles. The summed E-state index contributed by atoms with van der Waals surface area (Å²) >= 11 is 0. The van der Waals surface area contributed by atoms with Gasteiger partial charge < -0.3 is 26.0 Å². The topological polar surface area (TPSA) is 133 Å². The summed E-state index contributed by atoms with van der Waals surface area (Å²) in [5, 5.41) is 15.1. The van der Waals surface area contributed by atoms with Gasteiger partial charge in [-0.25, -0.2) is 0 Å². The average Bonchev–Trinajstić information content (AvgIpc) is 2.76. The van der Waals surface area contributed by atoms with Gasteiger partial charge in [-0.15, -0.1) is 0 Å². The highest BCUT2D eigenvalue weighted by Crippen LogP contribution is 2.27. The second-order valence-corrected chi connectivity index (χ2v) is 8.10. The Kier molecular flexibility index (Phi) is 5.79. The molecule has 1 amide bonds. The van der Waals surface area contributed by atoms with Crippen molar-refractivity contribution in [1.82, 2.24) is 9.80 Å². The van der Waals surface area contributed by atoms with Crippen LogP contribution in [0.2, 0.25) is 0 Å². The largest absolute Gasteiger partial charge is 0.490 e. The van der Waals surface area contributed by atoms with E-state index in [2.05, 4.69) is 0 Å². The summed E-state index contributed by atoms with van der Waals surface area (Å²) in [4.78, 5) is 16.7. The van der Waals surface area contributed by atoms with E-state index in [1.54, 1.807) is 6.07 Å². The second kappa shape index (κ2) is 8.67. The van der Waals surface area contributed by atoms with Crippen molar-refractivity contribution in [3.05, 3.63) is 64.7 Å². The minimum atomic E-state index is 0.00999. The fourth-order valence-electron chi connectivity index (χ4n) is 4.20. The molecule has 0 radical (unpaired) electrons. The van der Waals surface area contributed by atoms with Gasteiger partial charge in [0.15, 0.2) is 5.96 Å². The summed E-state index contributed by atoms with van der Waals surface area (Å²) < 4.78 is 6.15. The molecule has 0 spiro atoms. The molecule has 2 aromatic rings. The number of amides is 1. The first kappa shape index (κ1) is 20.7.